The lowest BCUT2D eigenvalue weighted by Crippen LogP contribution is -2.33. The second-order valence-corrected chi connectivity index (χ2v) is 18.7. The highest BCUT2D eigenvalue weighted by Gasteiger charge is 2.48. The van der Waals surface area contributed by atoms with Gasteiger partial charge in [-0.15, -0.1) is 0 Å². The van der Waals surface area contributed by atoms with Crippen LogP contribution < -0.4 is 4.90 Å². The summed E-state index contributed by atoms with van der Waals surface area (Å²) in [6.45, 7) is 5.17. The van der Waals surface area contributed by atoms with Gasteiger partial charge in [0.15, 0.2) is 5.71 Å². The predicted octanol–water partition coefficient (Wildman–Crippen LogP) is 5.31. The Balaban J connectivity index is 1.79. The summed E-state index contributed by atoms with van der Waals surface area (Å²) in [7, 11) is -10.2. The van der Waals surface area contributed by atoms with Gasteiger partial charge in [-0.25, -0.2) is 0 Å². The first kappa shape index (κ1) is 45.0. The number of carboxylic acid groups (broad SMARTS) is 1. The quantitative estimate of drug-likeness (QED) is 0.0542. The highest BCUT2D eigenvalue weighted by molar-refractivity contribution is 7.86. The summed E-state index contributed by atoms with van der Waals surface area (Å²) in [5, 5.41) is 9.10. The lowest BCUT2D eigenvalue weighted by molar-refractivity contribution is -0.437. The molecule has 18 heteroatoms. The Morgan fingerprint density at radius 1 is 0.786 bits per heavy atom. The molecule has 4 N–H and O–H groups in total. The van der Waals surface area contributed by atoms with Gasteiger partial charge in [-0.3, -0.25) is 18.5 Å². The van der Waals surface area contributed by atoms with Crippen LogP contribution in [0.2, 0.25) is 0 Å². The van der Waals surface area contributed by atoms with Crippen LogP contribution in [-0.4, -0.2) is 107 Å². The highest BCUT2D eigenvalue weighted by Crippen LogP contribution is 2.51. The van der Waals surface area contributed by atoms with Crippen molar-refractivity contribution in [3.63, 3.8) is 0 Å². The normalized spacial score (nSPS) is 20.8. The predicted molar refractivity (Wildman–Crippen MR) is 211 cm³/mol. The van der Waals surface area contributed by atoms with Crippen LogP contribution in [0, 0.1) is 0 Å². The number of aliphatic carboxylic acids is 1. The van der Waals surface area contributed by atoms with E-state index in [2.05, 4.69) is 4.90 Å². The van der Waals surface area contributed by atoms with E-state index >= 15 is 0 Å². The molecule has 0 amide bonds. The number of benzene rings is 2. The number of hydrogen-bond acceptors (Lipinski definition) is 10. The second-order valence-electron chi connectivity index (χ2n) is 14.3. The van der Waals surface area contributed by atoms with E-state index in [0.717, 1.165) is 11.4 Å². The number of methoxy groups -OCH3 is 2. The number of carbonyl (C=O) groups is 1. The summed E-state index contributed by atoms with van der Waals surface area (Å²) in [6.07, 6.45) is 11.9. The van der Waals surface area contributed by atoms with Crippen molar-refractivity contribution in [1.82, 2.24) is 0 Å². The van der Waals surface area contributed by atoms with E-state index in [1.807, 2.05) is 36.7 Å². The Morgan fingerprint density at radius 2 is 1.39 bits per heavy atom. The fourth-order valence-corrected chi connectivity index (χ4v) is 9.00. The minimum absolute atomic E-state index is 0.0475. The van der Waals surface area contributed by atoms with Gasteiger partial charge in [0.05, 0.1) is 21.0 Å². The van der Waals surface area contributed by atoms with E-state index in [9.17, 15) is 43.7 Å². The van der Waals surface area contributed by atoms with Crippen molar-refractivity contribution in [3.05, 3.63) is 83.6 Å². The van der Waals surface area contributed by atoms with Gasteiger partial charge < -0.3 is 19.5 Å². The topological polar surface area (TPSA) is 225 Å². The molecule has 0 saturated carbocycles. The van der Waals surface area contributed by atoms with Crippen LogP contribution in [0.1, 0.15) is 69.9 Å². The molecule has 15 nitrogen and oxygen atoms in total. The molecule has 2 atom stereocenters. The van der Waals surface area contributed by atoms with Gasteiger partial charge in [0.2, 0.25) is 5.69 Å². The van der Waals surface area contributed by atoms with Gasteiger partial charge in [-0.1, -0.05) is 24.6 Å². The van der Waals surface area contributed by atoms with Gasteiger partial charge in [0.25, 0.3) is 30.4 Å². The van der Waals surface area contributed by atoms with Crippen LogP contribution >= 0.6 is 0 Å². The standard InChI is InChI=1S/C38H50N2O13S3/c1-37(19-23-52-3)30-26-28(55(46,47)48)15-17-32(30)39(21-10-6-9-14-36(41)42)34(37)12-7-5-8-13-35-38(2,20-24-53-4)31-27-29(56(49,50)51)16-18-33(31)40(35)22-11-25-54(43,44)45/h5,7-8,12-13,15-18,26-27H,6,9-11,14,19-25H2,1-4H3,(H3-,41,42,43,44,45,46,47,48,49,50,51)/p+1. The van der Waals surface area contributed by atoms with Crippen molar-refractivity contribution >= 4 is 53.4 Å². The molecule has 0 bridgehead atoms. The number of nitrogens with zero attached hydrogens (tertiary/aromatic N) is 2. The Labute approximate surface area is 329 Å². The van der Waals surface area contributed by atoms with Crippen LogP contribution in [-0.2, 0) is 55.5 Å². The minimum Gasteiger partial charge on any atom is -0.481 e. The summed E-state index contributed by atoms with van der Waals surface area (Å²) in [6, 6.07) is 8.71. The van der Waals surface area contributed by atoms with Crippen LogP contribution in [0.3, 0.4) is 0 Å². The molecule has 2 aliphatic rings. The summed E-state index contributed by atoms with van der Waals surface area (Å²) in [4.78, 5) is 12.6. The van der Waals surface area contributed by atoms with Crippen molar-refractivity contribution in [2.75, 3.05) is 51.2 Å². The van der Waals surface area contributed by atoms with Gasteiger partial charge >= 0.3 is 5.97 Å². The van der Waals surface area contributed by atoms with E-state index in [0.29, 0.717) is 67.8 Å². The third-order valence-electron chi connectivity index (χ3n) is 10.4. The maximum Gasteiger partial charge on any atom is 0.303 e. The molecule has 0 aliphatic carbocycles. The molecule has 0 aromatic heterocycles. The largest absolute Gasteiger partial charge is 0.481 e. The summed E-state index contributed by atoms with van der Waals surface area (Å²) in [5.74, 6) is -1.37. The number of fused-ring (bicyclic) bond motifs is 2. The van der Waals surface area contributed by atoms with Gasteiger partial charge in [0, 0.05) is 81.3 Å². The highest BCUT2D eigenvalue weighted by atomic mass is 32.2. The van der Waals surface area contributed by atoms with Crippen molar-refractivity contribution < 1.29 is 62.9 Å². The number of hydrogen-bond donors (Lipinski definition) is 4. The lowest BCUT2D eigenvalue weighted by atomic mass is 9.76. The lowest BCUT2D eigenvalue weighted by Gasteiger charge is -2.30. The first-order valence-electron chi connectivity index (χ1n) is 18.0. The first-order chi connectivity index (χ1) is 26.2. The van der Waals surface area contributed by atoms with Crippen molar-refractivity contribution in [2.24, 2.45) is 0 Å². The number of unbranched alkanes of at least 4 members (excludes halogenated alkanes) is 2. The fourth-order valence-electron chi connectivity index (χ4n) is 7.49. The molecule has 2 unspecified atom stereocenters. The Hall–Kier alpha value is -3.75. The second kappa shape index (κ2) is 18.2. The van der Waals surface area contributed by atoms with Crippen molar-refractivity contribution in [3.8, 4) is 0 Å². The summed E-state index contributed by atoms with van der Waals surface area (Å²) >= 11 is 0. The van der Waals surface area contributed by atoms with Crippen molar-refractivity contribution in [1.29, 1.82) is 0 Å². The number of allylic oxidation sites excluding steroid dienone is 6. The molecule has 0 saturated heterocycles. The van der Waals surface area contributed by atoms with Gasteiger partial charge in [0.1, 0.15) is 6.54 Å². The Bertz CT molecular complexity index is 2250. The van der Waals surface area contributed by atoms with E-state index in [-0.39, 0.29) is 35.8 Å². The smallest absolute Gasteiger partial charge is 0.303 e. The van der Waals surface area contributed by atoms with E-state index in [1.165, 1.54) is 31.4 Å². The molecule has 2 aliphatic heterocycles. The Kier molecular flexibility index (Phi) is 14.6. The molecule has 0 radical (unpaired) electrons. The van der Waals surface area contributed by atoms with Crippen LogP contribution in [0.15, 0.2) is 82.3 Å². The monoisotopic (exact) mass is 839 g/mol. The SMILES string of the molecule is COCCC1(C)C(=CC=CC=CC2=[N+](CCCS(=O)(=O)O)c3ccc(S(=O)(=O)O)cc3C2(C)CCOC)N(CCCCCC(=O)O)c2ccc(S(=O)(=O)O)cc21. The van der Waals surface area contributed by atoms with Crippen molar-refractivity contribution in [2.45, 2.75) is 79.4 Å². The minimum atomic E-state index is -4.55. The maximum atomic E-state index is 12.2. The maximum absolute atomic E-state index is 12.2. The molecule has 0 spiro atoms. The molecule has 0 fully saturated rings. The Morgan fingerprint density at radius 3 is 1.98 bits per heavy atom. The zero-order valence-corrected chi connectivity index (χ0v) is 34.4. The average Bonchev–Trinajstić information content (AvgIpc) is 3.48. The molecule has 2 heterocycles. The molecule has 2 aromatic carbocycles. The molecular weight excluding hydrogens is 789 g/mol. The average molecular weight is 840 g/mol. The van der Waals surface area contributed by atoms with Crippen LogP contribution in [0.25, 0.3) is 0 Å². The van der Waals surface area contributed by atoms with Crippen LogP contribution in [0.5, 0.6) is 0 Å². The van der Waals surface area contributed by atoms with Gasteiger partial charge in [-0.05, 0) is 81.5 Å². The third kappa shape index (κ3) is 10.6. The number of anilines is 1. The number of rotatable bonds is 21. The number of ether oxygens (including phenoxy) is 2. The zero-order valence-electron chi connectivity index (χ0n) is 31.9. The molecule has 56 heavy (non-hydrogen) atoms. The van der Waals surface area contributed by atoms with E-state index in [1.54, 1.807) is 31.4 Å². The zero-order chi connectivity index (χ0) is 41.5. The summed E-state index contributed by atoms with van der Waals surface area (Å²) < 4.78 is 114. The summed E-state index contributed by atoms with van der Waals surface area (Å²) in [5.41, 5.74) is 2.56. The fraction of sp³-hybridized carbons (Fsp3) is 0.474. The molecule has 4 rings (SSSR count). The molecule has 2 aromatic rings. The molecular formula is C38H51N2O13S3+. The first-order valence-corrected chi connectivity index (χ1v) is 22.5. The van der Waals surface area contributed by atoms with E-state index < -0.39 is 52.9 Å². The van der Waals surface area contributed by atoms with Crippen LogP contribution in [0.4, 0.5) is 11.4 Å². The van der Waals surface area contributed by atoms with Gasteiger partial charge in [-0.2, -0.15) is 29.8 Å². The molecule has 308 valence electrons. The van der Waals surface area contributed by atoms with E-state index in [4.69, 9.17) is 14.6 Å². The number of carboxylic acids is 1. The third-order valence-corrected chi connectivity index (χ3v) is 12.9.